The molecule has 1 atom stereocenters. The second-order valence-electron chi connectivity index (χ2n) is 6.37. The van der Waals surface area contributed by atoms with Crippen LogP contribution in [0.3, 0.4) is 0 Å². The zero-order chi connectivity index (χ0) is 12.8. The Bertz CT molecular complexity index is 239. The van der Waals surface area contributed by atoms with Gasteiger partial charge in [0.2, 0.25) is 0 Å². The van der Waals surface area contributed by atoms with Gasteiger partial charge in [0.15, 0.2) is 0 Å². The third-order valence-corrected chi connectivity index (χ3v) is 5.67. The lowest BCUT2D eigenvalue weighted by molar-refractivity contribution is 0.0490. The van der Waals surface area contributed by atoms with E-state index in [4.69, 9.17) is 0 Å². The van der Waals surface area contributed by atoms with Crippen LogP contribution in [0.25, 0.3) is 0 Å². The minimum Gasteiger partial charge on any atom is -0.395 e. The van der Waals surface area contributed by atoms with Crippen molar-refractivity contribution in [3.05, 3.63) is 0 Å². The summed E-state index contributed by atoms with van der Waals surface area (Å²) in [5.41, 5.74) is 0.421. The lowest BCUT2D eigenvalue weighted by atomic mass is 9.80. The number of rotatable bonds is 4. The predicted octanol–water partition coefficient (Wildman–Crippen LogP) is 3.10. The molecule has 0 aromatic carbocycles. The molecule has 2 nitrogen and oxygen atoms in total. The third-order valence-electron chi connectivity index (χ3n) is 5.00. The van der Waals surface area contributed by atoms with Gasteiger partial charge in [0, 0.05) is 12.6 Å². The zero-order valence-corrected chi connectivity index (χ0v) is 12.5. The molecule has 2 fully saturated rings. The summed E-state index contributed by atoms with van der Waals surface area (Å²) < 4.78 is 0. The molecule has 1 aliphatic carbocycles. The van der Waals surface area contributed by atoms with Crippen LogP contribution in [-0.4, -0.2) is 41.5 Å². The van der Waals surface area contributed by atoms with Crippen molar-refractivity contribution in [2.24, 2.45) is 5.41 Å². The Morgan fingerprint density at radius 2 is 1.78 bits per heavy atom. The van der Waals surface area contributed by atoms with E-state index in [1.54, 1.807) is 0 Å². The lowest BCUT2D eigenvalue weighted by Crippen LogP contribution is -2.48. The first kappa shape index (κ1) is 14.7. The SMILES string of the molecule is OCC1CCCCN1CC1(CS)CCCCCC1. The first-order valence-electron chi connectivity index (χ1n) is 7.75. The second kappa shape index (κ2) is 7.16. The van der Waals surface area contributed by atoms with Gasteiger partial charge in [-0.05, 0) is 43.4 Å². The topological polar surface area (TPSA) is 23.5 Å². The summed E-state index contributed by atoms with van der Waals surface area (Å²) in [6.45, 7) is 2.69. The molecule has 2 rings (SSSR count). The van der Waals surface area contributed by atoms with Gasteiger partial charge in [-0.15, -0.1) is 0 Å². The van der Waals surface area contributed by atoms with Crippen LogP contribution in [0.1, 0.15) is 57.8 Å². The van der Waals surface area contributed by atoms with Crippen LogP contribution in [0.4, 0.5) is 0 Å². The molecule has 0 aromatic rings. The summed E-state index contributed by atoms with van der Waals surface area (Å²) in [4.78, 5) is 2.56. The Kier molecular flexibility index (Phi) is 5.84. The fraction of sp³-hybridized carbons (Fsp3) is 1.00. The molecule has 0 spiro atoms. The number of hydrogen-bond acceptors (Lipinski definition) is 3. The van der Waals surface area contributed by atoms with Crippen LogP contribution < -0.4 is 0 Å². The molecule has 1 unspecified atom stereocenters. The quantitative estimate of drug-likeness (QED) is 0.606. The molecule has 0 radical (unpaired) electrons. The number of aliphatic hydroxyl groups excluding tert-OH is 1. The van der Waals surface area contributed by atoms with E-state index in [0.29, 0.717) is 18.1 Å². The normalized spacial score (nSPS) is 30.0. The number of aliphatic hydroxyl groups is 1. The van der Waals surface area contributed by atoms with E-state index >= 15 is 0 Å². The molecule has 3 heteroatoms. The largest absolute Gasteiger partial charge is 0.395 e. The number of nitrogens with zero attached hydrogens (tertiary/aromatic N) is 1. The van der Waals surface area contributed by atoms with Gasteiger partial charge in [0.05, 0.1) is 6.61 Å². The summed E-state index contributed by atoms with van der Waals surface area (Å²) in [7, 11) is 0. The minimum atomic E-state index is 0.336. The Morgan fingerprint density at radius 1 is 1.06 bits per heavy atom. The van der Waals surface area contributed by atoms with Crippen LogP contribution in [0.15, 0.2) is 0 Å². The Morgan fingerprint density at radius 3 is 2.39 bits per heavy atom. The number of piperidine rings is 1. The van der Waals surface area contributed by atoms with Crippen LogP contribution in [0, 0.1) is 5.41 Å². The summed E-state index contributed by atoms with van der Waals surface area (Å²) >= 11 is 4.67. The molecular weight excluding hydrogens is 242 g/mol. The van der Waals surface area contributed by atoms with Crippen molar-refractivity contribution < 1.29 is 5.11 Å². The average Bonchev–Trinajstić information content (AvgIpc) is 2.66. The Hall–Kier alpha value is 0.270. The molecule has 0 aromatic heterocycles. The molecule has 1 saturated heterocycles. The van der Waals surface area contributed by atoms with Gasteiger partial charge in [0.1, 0.15) is 0 Å². The highest BCUT2D eigenvalue weighted by Crippen LogP contribution is 2.38. The molecule has 0 bridgehead atoms. The minimum absolute atomic E-state index is 0.336. The van der Waals surface area contributed by atoms with Crippen molar-refractivity contribution in [2.75, 3.05) is 25.4 Å². The molecule has 2 aliphatic rings. The van der Waals surface area contributed by atoms with E-state index in [9.17, 15) is 5.11 Å². The van der Waals surface area contributed by atoms with Crippen molar-refractivity contribution in [3.63, 3.8) is 0 Å². The van der Waals surface area contributed by atoms with E-state index in [0.717, 1.165) is 5.75 Å². The van der Waals surface area contributed by atoms with Gasteiger partial charge in [-0.2, -0.15) is 12.6 Å². The highest BCUT2D eigenvalue weighted by atomic mass is 32.1. The van der Waals surface area contributed by atoms with Gasteiger partial charge in [0.25, 0.3) is 0 Å². The van der Waals surface area contributed by atoms with Crippen molar-refractivity contribution in [1.29, 1.82) is 0 Å². The number of likely N-dealkylation sites (tertiary alicyclic amines) is 1. The van der Waals surface area contributed by atoms with E-state index in [1.807, 2.05) is 0 Å². The van der Waals surface area contributed by atoms with Crippen molar-refractivity contribution in [3.8, 4) is 0 Å². The lowest BCUT2D eigenvalue weighted by Gasteiger charge is -2.42. The first-order valence-corrected chi connectivity index (χ1v) is 8.39. The van der Waals surface area contributed by atoms with Gasteiger partial charge in [-0.3, -0.25) is 4.90 Å². The van der Waals surface area contributed by atoms with Gasteiger partial charge in [-0.1, -0.05) is 32.1 Å². The smallest absolute Gasteiger partial charge is 0.0586 e. The standard InChI is InChI=1S/C15H29NOS/c17-11-14-7-3-6-10-16(14)12-15(13-18)8-4-1-2-5-9-15/h14,17-18H,1-13H2. The second-order valence-corrected chi connectivity index (χ2v) is 6.69. The highest BCUT2D eigenvalue weighted by Gasteiger charge is 2.34. The maximum atomic E-state index is 9.54. The molecular formula is C15H29NOS. The number of hydrogen-bond donors (Lipinski definition) is 2. The van der Waals surface area contributed by atoms with E-state index in [2.05, 4.69) is 17.5 Å². The third kappa shape index (κ3) is 3.64. The predicted molar refractivity (Wildman–Crippen MR) is 80.3 cm³/mol. The Balaban J connectivity index is 1.98. The maximum absolute atomic E-state index is 9.54. The molecule has 1 saturated carbocycles. The molecule has 18 heavy (non-hydrogen) atoms. The van der Waals surface area contributed by atoms with Crippen molar-refractivity contribution >= 4 is 12.6 Å². The molecule has 1 N–H and O–H groups in total. The summed E-state index contributed by atoms with van der Waals surface area (Å²) in [6.07, 6.45) is 12.0. The van der Waals surface area contributed by atoms with E-state index in [1.165, 1.54) is 70.9 Å². The molecule has 1 heterocycles. The fourth-order valence-corrected chi connectivity index (χ4v) is 4.17. The van der Waals surface area contributed by atoms with Gasteiger partial charge >= 0.3 is 0 Å². The Labute approximate surface area is 118 Å². The summed E-state index contributed by atoms with van der Waals surface area (Å²) in [5, 5.41) is 9.54. The van der Waals surface area contributed by atoms with E-state index in [-0.39, 0.29) is 0 Å². The van der Waals surface area contributed by atoms with Crippen LogP contribution >= 0.6 is 12.6 Å². The van der Waals surface area contributed by atoms with E-state index < -0.39 is 0 Å². The monoisotopic (exact) mass is 271 g/mol. The zero-order valence-electron chi connectivity index (χ0n) is 11.6. The molecule has 0 amide bonds. The summed E-state index contributed by atoms with van der Waals surface area (Å²) in [5.74, 6) is 1.02. The number of thiol groups is 1. The van der Waals surface area contributed by atoms with Crippen molar-refractivity contribution in [2.45, 2.75) is 63.8 Å². The van der Waals surface area contributed by atoms with Crippen LogP contribution in [-0.2, 0) is 0 Å². The summed E-state index contributed by atoms with van der Waals surface area (Å²) in [6, 6.07) is 0.416. The highest BCUT2D eigenvalue weighted by molar-refractivity contribution is 7.80. The molecule has 106 valence electrons. The van der Waals surface area contributed by atoms with Crippen molar-refractivity contribution in [1.82, 2.24) is 4.90 Å². The maximum Gasteiger partial charge on any atom is 0.0586 e. The van der Waals surface area contributed by atoms with Crippen LogP contribution in [0.5, 0.6) is 0 Å². The average molecular weight is 271 g/mol. The fourth-order valence-electron chi connectivity index (χ4n) is 3.75. The van der Waals surface area contributed by atoms with Gasteiger partial charge in [-0.25, -0.2) is 0 Å². The first-order chi connectivity index (χ1) is 8.79. The van der Waals surface area contributed by atoms with Gasteiger partial charge < -0.3 is 5.11 Å². The molecule has 1 aliphatic heterocycles. The van der Waals surface area contributed by atoms with Crippen LogP contribution in [0.2, 0.25) is 0 Å².